The quantitative estimate of drug-likeness (QED) is 0.308. The summed E-state index contributed by atoms with van der Waals surface area (Å²) >= 11 is 0. The Hall–Kier alpha value is -3.82. The number of hydrogen-bond donors (Lipinski definition) is 5. The van der Waals surface area contributed by atoms with Gasteiger partial charge in [0.2, 0.25) is 0 Å². The second kappa shape index (κ2) is 7.43. The second-order valence-electron chi connectivity index (χ2n) is 6.16. The van der Waals surface area contributed by atoms with Crippen LogP contribution in [-0.4, -0.2) is 34.2 Å². The Labute approximate surface area is 160 Å². The molecular formula is C18H16BN4O5. The normalized spacial score (nSPS) is 16.1. The van der Waals surface area contributed by atoms with Gasteiger partial charge in [-0.05, 0) is 0 Å². The molecule has 1 heterocycles. The third kappa shape index (κ3) is 3.80. The minimum atomic E-state index is -0.778. The molecule has 2 aromatic rings. The predicted molar refractivity (Wildman–Crippen MR) is 104 cm³/mol. The summed E-state index contributed by atoms with van der Waals surface area (Å²) in [6.45, 7) is 1.66. The molecule has 0 fully saturated rings. The van der Waals surface area contributed by atoms with E-state index < -0.39 is 16.9 Å². The fraction of sp³-hybridized carbons (Fsp3) is 0.111. The molecule has 0 bridgehead atoms. The minimum absolute atomic E-state index is 0.0938. The number of nitrogens with one attached hydrogen (secondary N) is 3. The maximum atomic E-state index is 12.9. The second-order valence-corrected chi connectivity index (χ2v) is 6.16. The summed E-state index contributed by atoms with van der Waals surface area (Å²) in [6, 6.07) is 8.65. The number of aromatic hydroxyl groups is 2. The summed E-state index contributed by atoms with van der Waals surface area (Å²) in [5, 5.41) is 38.9. The van der Waals surface area contributed by atoms with E-state index in [1.165, 1.54) is 36.4 Å². The van der Waals surface area contributed by atoms with Crippen LogP contribution < -0.4 is 16.0 Å². The van der Waals surface area contributed by atoms with Crippen LogP contribution in [0.3, 0.4) is 0 Å². The van der Waals surface area contributed by atoms with Crippen molar-refractivity contribution in [3.63, 3.8) is 0 Å². The Kier molecular flexibility index (Phi) is 5.03. The zero-order valence-electron chi connectivity index (χ0n) is 14.8. The SMILES string of the molecule is [B]=C1NC(C)=C(C(=O)Nc2ccc([N+](=O)[O-])cc2)C(c2ccc(O)cc2O)N1. The molecule has 2 aromatic carbocycles. The molecule has 141 valence electrons. The van der Waals surface area contributed by atoms with Crippen LogP contribution in [0.1, 0.15) is 18.5 Å². The maximum absolute atomic E-state index is 12.9. The predicted octanol–water partition coefficient (Wildman–Crippen LogP) is 1.41. The van der Waals surface area contributed by atoms with Gasteiger partial charge >= 0.3 is 160 Å². The summed E-state index contributed by atoms with van der Waals surface area (Å²) in [7, 11) is 5.83. The monoisotopic (exact) mass is 379 g/mol. The molecule has 28 heavy (non-hydrogen) atoms. The molecule has 1 atom stereocenters. The molecule has 1 unspecified atom stereocenters. The molecule has 3 rings (SSSR count). The molecule has 5 N–H and O–H groups in total. The van der Waals surface area contributed by atoms with Crippen molar-refractivity contribution < 1.29 is 19.9 Å². The number of rotatable bonds is 4. The van der Waals surface area contributed by atoms with Gasteiger partial charge < -0.3 is 0 Å². The fourth-order valence-corrected chi connectivity index (χ4v) is 2.93. The van der Waals surface area contributed by atoms with Crippen molar-refractivity contribution in [1.82, 2.24) is 10.6 Å². The Balaban J connectivity index is 1.93. The van der Waals surface area contributed by atoms with Crippen LogP contribution in [0.15, 0.2) is 53.7 Å². The molecule has 0 saturated carbocycles. The number of phenols is 2. The Morgan fingerprint density at radius 3 is 2.50 bits per heavy atom. The van der Waals surface area contributed by atoms with Gasteiger partial charge in [0, 0.05) is 0 Å². The molecular weight excluding hydrogens is 363 g/mol. The fourth-order valence-electron chi connectivity index (χ4n) is 2.93. The molecule has 1 aliphatic heterocycles. The van der Waals surface area contributed by atoms with Gasteiger partial charge in [0.1, 0.15) is 0 Å². The standard InChI is InChI=1S/C18H16BN4O5/c1-9-15(17(26)21-10-2-4-11(5-3-10)23(27)28)16(22-18(19)20-9)13-7-6-12(24)8-14(13)25/h2-8,16,20,22,24-25H,1H3,(H,21,26). The number of carbonyl (C=O) groups excluding carboxylic acids is 1. The van der Waals surface area contributed by atoms with Gasteiger partial charge in [0.05, 0.1) is 0 Å². The van der Waals surface area contributed by atoms with E-state index in [2.05, 4.69) is 16.0 Å². The van der Waals surface area contributed by atoms with Crippen molar-refractivity contribution in [1.29, 1.82) is 0 Å². The molecule has 0 spiro atoms. The Bertz CT molecular complexity index is 1000. The molecule has 10 heteroatoms. The Morgan fingerprint density at radius 1 is 1.21 bits per heavy atom. The first-order chi connectivity index (χ1) is 13.3. The van der Waals surface area contributed by atoms with Crippen molar-refractivity contribution in [2.24, 2.45) is 0 Å². The van der Waals surface area contributed by atoms with Crippen LogP contribution in [-0.2, 0) is 4.79 Å². The van der Waals surface area contributed by atoms with Crippen molar-refractivity contribution in [2.45, 2.75) is 13.0 Å². The molecule has 1 amide bonds. The number of nitrogens with zero attached hydrogens (tertiary/aromatic N) is 1. The van der Waals surface area contributed by atoms with Crippen LogP contribution in [0.4, 0.5) is 11.4 Å². The van der Waals surface area contributed by atoms with Gasteiger partial charge in [-0.15, -0.1) is 0 Å². The molecule has 0 aromatic heterocycles. The van der Waals surface area contributed by atoms with Gasteiger partial charge in [-0.2, -0.15) is 0 Å². The van der Waals surface area contributed by atoms with Crippen molar-refractivity contribution in [3.05, 3.63) is 69.4 Å². The summed E-state index contributed by atoms with van der Waals surface area (Å²) in [6.07, 6.45) is 0. The number of allylic oxidation sites excluding steroid dienone is 1. The van der Waals surface area contributed by atoms with Gasteiger partial charge in [0.25, 0.3) is 0 Å². The Morgan fingerprint density at radius 2 is 1.89 bits per heavy atom. The van der Waals surface area contributed by atoms with Crippen LogP contribution in [0.25, 0.3) is 0 Å². The van der Waals surface area contributed by atoms with E-state index in [1.807, 2.05) is 0 Å². The third-order valence-electron chi connectivity index (χ3n) is 4.22. The average molecular weight is 379 g/mol. The summed E-state index contributed by atoms with van der Waals surface area (Å²) in [5.74, 6) is -0.818. The first kappa shape index (κ1) is 19.0. The van der Waals surface area contributed by atoms with Crippen LogP contribution in [0, 0.1) is 10.1 Å². The first-order valence-corrected chi connectivity index (χ1v) is 8.20. The van der Waals surface area contributed by atoms with Gasteiger partial charge in [-0.25, -0.2) is 0 Å². The molecule has 9 nitrogen and oxygen atoms in total. The van der Waals surface area contributed by atoms with E-state index in [0.29, 0.717) is 16.9 Å². The number of amides is 1. The summed E-state index contributed by atoms with van der Waals surface area (Å²) in [5.41, 5.74) is 1.54. The first-order valence-electron chi connectivity index (χ1n) is 8.20. The number of benzene rings is 2. The van der Waals surface area contributed by atoms with Crippen molar-refractivity contribution >= 4 is 30.5 Å². The molecule has 1 radical (unpaired) electrons. The average Bonchev–Trinajstić information content (AvgIpc) is 2.61. The van der Waals surface area contributed by atoms with E-state index in [9.17, 15) is 25.1 Å². The van der Waals surface area contributed by atoms with E-state index in [-0.39, 0.29) is 28.5 Å². The van der Waals surface area contributed by atoms with Crippen LogP contribution in [0.5, 0.6) is 11.5 Å². The van der Waals surface area contributed by atoms with E-state index in [1.54, 1.807) is 6.92 Å². The number of nitro groups is 1. The van der Waals surface area contributed by atoms with Gasteiger partial charge in [0.15, 0.2) is 0 Å². The number of non-ortho nitro benzene ring substituents is 1. The molecule has 0 saturated heterocycles. The topological polar surface area (TPSA) is 137 Å². The van der Waals surface area contributed by atoms with Gasteiger partial charge in [-0.1, -0.05) is 0 Å². The van der Waals surface area contributed by atoms with Gasteiger partial charge in [-0.3, -0.25) is 0 Å². The molecule has 1 aliphatic rings. The van der Waals surface area contributed by atoms with Crippen LogP contribution in [0.2, 0.25) is 0 Å². The summed E-state index contributed by atoms with van der Waals surface area (Å²) in [4.78, 5) is 23.1. The van der Waals surface area contributed by atoms with Crippen LogP contribution >= 0.6 is 0 Å². The number of nitro benzene ring substituents is 1. The molecule has 0 aliphatic carbocycles. The number of hydrogen-bond acceptors (Lipinski definition) is 7. The number of anilines is 1. The van der Waals surface area contributed by atoms with Crippen molar-refractivity contribution in [3.8, 4) is 11.5 Å². The summed E-state index contributed by atoms with van der Waals surface area (Å²) < 4.78 is 0. The van der Waals surface area contributed by atoms with Crippen molar-refractivity contribution in [2.75, 3.05) is 5.32 Å². The number of phenolic OH excluding ortho intramolecular Hbond substituents is 2. The zero-order chi connectivity index (χ0) is 20.4. The zero-order valence-corrected chi connectivity index (χ0v) is 14.8. The van der Waals surface area contributed by atoms with E-state index in [4.69, 9.17) is 7.49 Å². The van der Waals surface area contributed by atoms with E-state index >= 15 is 0 Å². The number of carbonyl (C=O) groups is 1. The van der Waals surface area contributed by atoms with E-state index in [0.717, 1.165) is 6.07 Å². The third-order valence-corrected chi connectivity index (χ3v) is 4.22.